The van der Waals surface area contributed by atoms with Crippen molar-refractivity contribution in [3.05, 3.63) is 70.8 Å². The molecule has 0 radical (unpaired) electrons. The summed E-state index contributed by atoms with van der Waals surface area (Å²) in [5.74, 6) is 0.433. The molecule has 0 saturated carbocycles. The Morgan fingerprint density at radius 3 is 2.87 bits per heavy atom. The maximum Gasteiger partial charge on any atom is 0.251 e. The fourth-order valence-electron chi connectivity index (χ4n) is 4.08. The molecule has 4 nitrogen and oxygen atoms in total. The number of benzene rings is 2. The molecule has 2 aromatic carbocycles. The lowest BCUT2D eigenvalue weighted by Crippen LogP contribution is -2.35. The molecule has 1 N–H and O–H groups in total. The molecule has 4 rings (SSSR count). The Morgan fingerprint density at radius 1 is 1.17 bits per heavy atom. The molecule has 0 aromatic heterocycles. The van der Waals surface area contributed by atoms with Crippen LogP contribution in [0.2, 0.25) is 0 Å². The Bertz CT molecular complexity index is 983. The van der Waals surface area contributed by atoms with E-state index in [9.17, 15) is 9.59 Å². The number of nitrogens with zero attached hydrogens (tertiary/aromatic N) is 1. The van der Waals surface area contributed by atoms with Gasteiger partial charge in [0.25, 0.3) is 5.91 Å². The Kier molecular flexibility index (Phi) is 6.58. The van der Waals surface area contributed by atoms with Gasteiger partial charge in [-0.1, -0.05) is 41.5 Å². The van der Waals surface area contributed by atoms with E-state index in [-0.39, 0.29) is 11.8 Å². The number of hydrogen-bond donors (Lipinski definition) is 1. The standard InChI is InChI=1S/C25H28N2O2S/c1-18-6-5-9-20(14-18)16-27-22-15-21(10-11-23(22)30-17-24(27)28)25(29)26-13-12-19-7-3-2-4-8-19/h5-7,9-11,14-15H,2-4,8,12-13,16-17H2,1H3,(H,26,29). The molecule has 0 spiro atoms. The van der Waals surface area contributed by atoms with Crippen molar-refractivity contribution in [1.29, 1.82) is 0 Å². The molecule has 0 bridgehead atoms. The van der Waals surface area contributed by atoms with Crippen LogP contribution in [-0.4, -0.2) is 24.1 Å². The van der Waals surface area contributed by atoms with E-state index in [2.05, 4.69) is 30.4 Å². The first-order valence-electron chi connectivity index (χ1n) is 10.7. The Balaban J connectivity index is 1.47. The summed E-state index contributed by atoms with van der Waals surface area (Å²) in [6.07, 6.45) is 8.09. The largest absolute Gasteiger partial charge is 0.352 e. The number of anilines is 1. The molecular formula is C25H28N2O2S. The van der Waals surface area contributed by atoms with Crippen LogP contribution in [0.3, 0.4) is 0 Å². The topological polar surface area (TPSA) is 49.4 Å². The van der Waals surface area contributed by atoms with Crippen molar-refractivity contribution < 1.29 is 9.59 Å². The second-order valence-electron chi connectivity index (χ2n) is 8.05. The van der Waals surface area contributed by atoms with E-state index in [1.807, 2.05) is 35.2 Å². The molecule has 0 unspecified atom stereocenters. The van der Waals surface area contributed by atoms with E-state index >= 15 is 0 Å². The summed E-state index contributed by atoms with van der Waals surface area (Å²) < 4.78 is 0. The lowest BCUT2D eigenvalue weighted by molar-refractivity contribution is -0.116. The number of carbonyl (C=O) groups excluding carboxylic acids is 2. The molecule has 0 atom stereocenters. The van der Waals surface area contributed by atoms with E-state index in [1.54, 1.807) is 11.8 Å². The van der Waals surface area contributed by atoms with Gasteiger partial charge in [0.2, 0.25) is 5.91 Å². The molecule has 2 aromatic rings. The molecule has 0 saturated heterocycles. The number of amides is 2. The van der Waals surface area contributed by atoms with Crippen molar-refractivity contribution in [2.24, 2.45) is 0 Å². The third-order valence-electron chi connectivity index (χ3n) is 5.70. The number of rotatable bonds is 6. The summed E-state index contributed by atoms with van der Waals surface area (Å²) in [6.45, 7) is 3.23. The molecule has 2 aliphatic rings. The molecule has 1 heterocycles. The SMILES string of the molecule is Cc1cccc(CN2C(=O)CSc3ccc(C(=O)NCCC4=CCCCC4)cc32)c1. The highest BCUT2D eigenvalue weighted by Gasteiger charge is 2.26. The zero-order valence-electron chi connectivity index (χ0n) is 17.4. The summed E-state index contributed by atoms with van der Waals surface area (Å²) in [5.41, 5.74) is 5.17. The van der Waals surface area contributed by atoms with Crippen LogP contribution in [0.1, 0.15) is 53.6 Å². The highest BCUT2D eigenvalue weighted by Crippen LogP contribution is 2.37. The molecule has 1 aliphatic heterocycles. The predicted molar refractivity (Wildman–Crippen MR) is 123 cm³/mol. The van der Waals surface area contributed by atoms with Gasteiger partial charge in [0.05, 0.1) is 18.0 Å². The van der Waals surface area contributed by atoms with E-state index in [1.165, 1.54) is 24.0 Å². The van der Waals surface area contributed by atoms with Gasteiger partial charge in [0.15, 0.2) is 0 Å². The van der Waals surface area contributed by atoms with E-state index in [0.717, 1.165) is 35.4 Å². The number of hydrogen-bond acceptors (Lipinski definition) is 3. The second kappa shape index (κ2) is 9.52. The molecule has 2 amide bonds. The number of aryl methyl sites for hydroxylation is 1. The normalized spacial score (nSPS) is 16.1. The average Bonchev–Trinajstić information content (AvgIpc) is 2.76. The average molecular weight is 421 g/mol. The fraction of sp³-hybridized carbons (Fsp3) is 0.360. The monoisotopic (exact) mass is 420 g/mol. The maximum absolute atomic E-state index is 12.7. The smallest absolute Gasteiger partial charge is 0.251 e. The fourth-order valence-corrected chi connectivity index (χ4v) is 5.00. The lowest BCUT2D eigenvalue weighted by atomic mass is 9.97. The van der Waals surface area contributed by atoms with Gasteiger partial charge in [0, 0.05) is 17.0 Å². The summed E-state index contributed by atoms with van der Waals surface area (Å²) in [7, 11) is 0. The van der Waals surface area contributed by atoms with Gasteiger partial charge >= 0.3 is 0 Å². The molecule has 1 aliphatic carbocycles. The van der Waals surface area contributed by atoms with Crippen molar-refractivity contribution in [2.75, 3.05) is 17.2 Å². The van der Waals surface area contributed by atoms with Crippen LogP contribution in [0.4, 0.5) is 5.69 Å². The summed E-state index contributed by atoms with van der Waals surface area (Å²) in [6, 6.07) is 13.9. The van der Waals surface area contributed by atoms with Crippen molar-refractivity contribution in [3.8, 4) is 0 Å². The minimum absolute atomic E-state index is 0.0762. The number of carbonyl (C=O) groups is 2. The highest BCUT2D eigenvalue weighted by molar-refractivity contribution is 8.00. The second-order valence-corrected chi connectivity index (χ2v) is 9.07. The number of nitrogens with one attached hydrogen (secondary N) is 1. The van der Waals surface area contributed by atoms with Crippen molar-refractivity contribution >= 4 is 29.3 Å². The quantitative estimate of drug-likeness (QED) is 0.649. The van der Waals surface area contributed by atoms with Crippen LogP contribution in [0.25, 0.3) is 0 Å². The third kappa shape index (κ3) is 4.96. The van der Waals surface area contributed by atoms with E-state index in [4.69, 9.17) is 0 Å². The first-order chi connectivity index (χ1) is 14.6. The van der Waals surface area contributed by atoms with E-state index in [0.29, 0.717) is 24.4 Å². The minimum atomic E-state index is -0.0762. The molecule has 5 heteroatoms. The Hall–Kier alpha value is -2.53. The van der Waals surface area contributed by atoms with Gasteiger partial charge in [-0.05, 0) is 62.8 Å². The number of thioether (sulfide) groups is 1. The Labute approximate surface area is 182 Å². The number of allylic oxidation sites excluding steroid dienone is 1. The van der Waals surface area contributed by atoms with Crippen molar-refractivity contribution in [2.45, 2.75) is 50.5 Å². The first-order valence-corrected chi connectivity index (χ1v) is 11.7. The first kappa shape index (κ1) is 20.7. The van der Waals surface area contributed by atoms with Gasteiger partial charge in [-0.2, -0.15) is 0 Å². The molecule has 30 heavy (non-hydrogen) atoms. The predicted octanol–water partition coefficient (Wildman–Crippen LogP) is 5.25. The maximum atomic E-state index is 12.7. The third-order valence-corrected chi connectivity index (χ3v) is 6.75. The van der Waals surface area contributed by atoms with Gasteiger partial charge in [0.1, 0.15) is 0 Å². The van der Waals surface area contributed by atoms with Gasteiger partial charge in [-0.15, -0.1) is 11.8 Å². The van der Waals surface area contributed by atoms with E-state index < -0.39 is 0 Å². The zero-order valence-corrected chi connectivity index (χ0v) is 18.3. The van der Waals surface area contributed by atoms with Crippen LogP contribution in [0, 0.1) is 6.92 Å². The van der Waals surface area contributed by atoms with Gasteiger partial charge in [-0.25, -0.2) is 0 Å². The van der Waals surface area contributed by atoms with Crippen LogP contribution in [0.5, 0.6) is 0 Å². The van der Waals surface area contributed by atoms with Crippen LogP contribution >= 0.6 is 11.8 Å². The van der Waals surface area contributed by atoms with Crippen LogP contribution in [-0.2, 0) is 11.3 Å². The number of fused-ring (bicyclic) bond motifs is 1. The molecule has 156 valence electrons. The Morgan fingerprint density at radius 2 is 2.07 bits per heavy atom. The zero-order chi connectivity index (χ0) is 20.9. The van der Waals surface area contributed by atoms with Crippen LogP contribution < -0.4 is 10.2 Å². The van der Waals surface area contributed by atoms with Gasteiger partial charge < -0.3 is 10.2 Å². The van der Waals surface area contributed by atoms with Crippen molar-refractivity contribution in [1.82, 2.24) is 5.32 Å². The summed E-state index contributed by atoms with van der Waals surface area (Å²) >= 11 is 1.54. The molecule has 0 fully saturated rings. The molecular weight excluding hydrogens is 392 g/mol. The summed E-state index contributed by atoms with van der Waals surface area (Å²) in [4.78, 5) is 28.3. The van der Waals surface area contributed by atoms with Gasteiger partial charge in [-0.3, -0.25) is 9.59 Å². The summed E-state index contributed by atoms with van der Waals surface area (Å²) in [5, 5.41) is 3.05. The lowest BCUT2D eigenvalue weighted by Gasteiger charge is -2.29. The van der Waals surface area contributed by atoms with Crippen molar-refractivity contribution in [3.63, 3.8) is 0 Å². The minimum Gasteiger partial charge on any atom is -0.352 e. The van der Waals surface area contributed by atoms with Crippen LogP contribution in [0.15, 0.2) is 59.0 Å². The highest BCUT2D eigenvalue weighted by atomic mass is 32.2.